The van der Waals surface area contributed by atoms with E-state index in [1.807, 2.05) is 24.3 Å². The lowest BCUT2D eigenvalue weighted by molar-refractivity contribution is 0.147. The lowest BCUT2D eigenvalue weighted by Gasteiger charge is -2.26. The first kappa shape index (κ1) is 11.0. The second kappa shape index (κ2) is 4.99. The van der Waals surface area contributed by atoms with Crippen molar-refractivity contribution in [2.75, 3.05) is 0 Å². The van der Waals surface area contributed by atoms with Crippen LogP contribution in [0.25, 0.3) is 0 Å². The average Bonchev–Trinajstić information content (AvgIpc) is 2.25. The molecule has 1 saturated carbocycles. The molecule has 1 aliphatic rings. The van der Waals surface area contributed by atoms with Gasteiger partial charge in [0.15, 0.2) is 0 Å². The normalized spacial score (nSPS) is 26.3. The van der Waals surface area contributed by atoms with E-state index in [-0.39, 0.29) is 0 Å². The Balaban J connectivity index is 1.89. The molecular weight excluding hydrogens is 254 g/mol. The molecule has 0 bridgehead atoms. The van der Waals surface area contributed by atoms with Crippen molar-refractivity contribution < 1.29 is 4.74 Å². The van der Waals surface area contributed by atoms with Crippen molar-refractivity contribution in [3.8, 4) is 5.75 Å². The van der Waals surface area contributed by atoms with Gasteiger partial charge in [-0.25, -0.2) is 0 Å². The molecule has 0 aliphatic heterocycles. The lowest BCUT2D eigenvalue weighted by atomic mass is 9.94. The van der Waals surface area contributed by atoms with Crippen LogP contribution in [-0.4, -0.2) is 12.1 Å². The Kier molecular flexibility index (Phi) is 3.65. The summed E-state index contributed by atoms with van der Waals surface area (Å²) in [5, 5.41) is 0. The number of hydrogen-bond donors (Lipinski definition) is 1. The topological polar surface area (TPSA) is 35.2 Å². The first-order valence-corrected chi connectivity index (χ1v) is 6.21. The van der Waals surface area contributed by atoms with Gasteiger partial charge in [-0.2, -0.15) is 0 Å². The molecule has 15 heavy (non-hydrogen) atoms. The van der Waals surface area contributed by atoms with E-state index in [1.54, 1.807) is 0 Å². The first-order chi connectivity index (χ1) is 7.24. The Morgan fingerprint density at radius 2 is 1.67 bits per heavy atom. The predicted octanol–water partition coefficient (Wildman–Crippen LogP) is 3.10. The van der Waals surface area contributed by atoms with Crippen molar-refractivity contribution in [3.63, 3.8) is 0 Å². The zero-order valence-corrected chi connectivity index (χ0v) is 10.2. The van der Waals surface area contributed by atoms with Crippen molar-refractivity contribution in [2.45, 2.75) is 37.8 Å². The van der Waals surface area contributed by atoms with E-state index in [9.17, 15) is 0 Å². The van der Waals surface area contributed by atoms with E-state index >= 15 is 0 Å². The Morgan fingerprint density at radius 1 is 1.07 bits per heavy atom. The highest BCUT2D eigenvalue weighted by molar-refractivity contribution is 9.10. The van der Waals surface area contributed by atoms with Gasteiger partial charge in [0.1, 0.15) is 5.75 Å². The fourth-order valence-corrected chi connectivity index (χ4v) is 2.18. The summed E-state index contributed by atoms with van der Waals surface area (Å²) in [6.45, 7) is 0. The van der Waals surface area contributed by atoms with Crippen molar-refractivity contribution in [2.24, 2.45) is 5.73 Å². The largest absolute Gasteiger partial charge is 0.490 e. The van der Waals surface area contributed by atoms with Gasteiger partial charge in [-0.15, -0.1) is 0 Å². The number of ether oxygens (including phenoxy) is 1. The summed E-state index contributed by atoms with van der Waals surface area (Å²) in [7, 11) is 0. The SMILES string of the molecule is NC1CCC(Oc2ccc(Br)cc2)CC1. The molecule has 82 valence electrons. The second-order valence-corrected chi connectivity index (χ2v) is 5.02. The Morgan fingerprint density at radius 3 is 2.27 bits per heavy atom. The predicted molar refractivity (Wildman–Crippen MR) is 65.0 cm³/mol. The molecule has 1 aliphatic carbocycles. The Hall–Kier alpha value is -0.540. The van der Waals surface area contributed by atoms with E-state index in [1.165, 1.54) is 0 Å². The van der Waals surface area contributed by atoms with Crippen LogP contribution in [0.1, 0.15) is 25.7 Å². The Bertz CT molecular complexity index is 304. The second-order valence-electron chi connectivity index (χ2n) is 4.11. The Labute approximate surface area is 98.9 Å². The molecule has 0 unspecified atom stereocenters. The molecule has 2 rings (SSSR count). The maximum Gasteiger partial charge on any atom is 0.119 e. The van der Waals surface area contributed by atoms with Gasteiger partial charge in [0.2, 0.25) is 0 Å². The van der Waals surface area contributed by atoms with Crippen LogP contribution < -0.4 is 10.5 Å². The van der Waals surface area contributed by atoms with Gasteiger partial charge in [-0.05, 0) is 49.9 Å². The summed E-state index contributed by atoms with van der Waals surface area (Å²) in [4.78, 5) is 0. The first-order valence-electron chi connectivity index (χ1n) is 5.42. The third-order valence-corrected chi connectivity index (χ3v) is 3.36. The van der Waals surface area contributed by atoms with Gasteiger partial charge in [-0.3, -0.25) is 0 Å². The van der Waals surface area contributed by atoms with Crippen LogP contribution in [0.5, 0.6) is 5.75 Å². The van der Waals surface area contributed by atoms with Crippen LogP contribution in [-0.2, 0) is 0 Å². The molecule has 2 N–H and O–H groups in total. The minimum absolute atomic E-state index is 0.353. The highest BCUT2D eigenvalue weighted by atomic mass is 79.9. The average molecular weight is 270 g/mol. The summed E-state index contributed by atoms with van der Waals surface area (Å²) in [5.74, 6) is 0.957. The van der Waals surface area contributed by atoms with E-state index < -0.39 is 0 Å². The number of hydrogen-bond acceptors (Lipinski definition) is 2. The van der Waals surface area contributed by atoms with Gasteiger partial charge >= 0.3 is 0 Å². The molecule has 3 heteroatoms. The highest BCUT2D eigenvalue weighted by Crippen LogP contribution is 2.24. The highest BCUT2D eigenvalue weighted by Gasteiger charge is 2.19. The fourth-order valence-electron chi connectivity index (χ4n) is 1.91. The minimum Gasteiger partial charge on any atom is -0.490 e. The molecule has 2 nitrogen and oxygen atoms in total. The number of benzene rings is 1. The molecule has 0 radical (unpaired) electrons. The van der Waals surface area contributed by atoms with E-state index in [0.29, 0.717) is 12.1 Å². The summed E-state index contributed by atoms with van der Waals surface area (Å²) in [6.07, 6.45) is 4.68. The van der Waals surface area contributed by atoms with E-state index in [0.717, 1.165) is 35.9 Å². The molecule has 1 aromatic rings. The molecule has 0 heterocycles. The monoisotopic (exact) mass is 269 g/mol. The molecule has 1 aromatic carbocycles. The molecule has 0 aromatic heterocycles. The van der Waals surface area contributed by atoms with Gasteiger partial charge < -0.3 is 10.5 Å². The summed E-state index contributed by atoms with van der Waals surface area (Å²) in [6, 6.07) is 8.39. The van der Waals surface area contributed by atoms with Gasteiger partial charge in [-0.1, -0.05) is 15.9 Å². The van der Waals surface area contributed by atoms with Crippen LogP contribution in [0.4, 0.5) is 0 Å². The maximum atomic E-state index is 5.88. The smallest absolute Gasteiger partial charge is 0.119 e. The standard InChI is InChI=1S/C12H16BrNO/c13-9-1-5-11(6-2-9)15-12-7-3-10(14)4-8-12/h1-2,5-6,10,12H,3-4,7-8,14H2. The van der Waals surface area contributed by atoms with Crippen molar-refractivity contribution in [1.82, 2.24) is 0 Å². The minimum atomic E-state index is 0.353. The van der Waals surface area contributed by atoms with E-state index in [2.05, 4.69) is 15.9 Å². The van der Waals surface area contributed by atoms with Crippen molar-refractivity contribution in [1.29, 1.82) is 0 Å². The molecule has 1 fully saturated rings. The van der Waals surface area contributed by atoms with Crippen LogP contribution in [0.15, 0.2) is 28.7 Å². The van der Waals surface area contributed by atoms with Gasteiger partial charge in [0.25, 0.3) is 0 Å². The molecular formula is C12H16BrNO. The lowest BCUT2D eigenvalue weighted by Crippen LogP contribution is -2.31. The van der Waals surface area contributed by atoms with E-state index in [4.69, 9.17) is 10.5 Å². The molecule has 0 amide bonds. The van der Waals surface area contributed by atoms with Gasteiger partial charge in [0.05, 0.1) is 6.10 Å². The zero-order chi connectivity index (χ0) is 10.7. The van der Waals surface area contributed by atoms with Gasteiger partial charge in [0, 0.05) is 10.5 Å². The third-order valence-electron chi connectivity index (χ3n) is 2.84. The van der Waals surface area contributed by atoms with Crippen LogP contribution in [0, 0.1) is 0 Å². The fraction of sp³-hybridized carbons (Fsp3) is 0.500. The number of nitrogens with two attached hydrogens (primary N) is 1. The summed E-state index contributed by atoms with van der Waals surface area (Å²) < 4.78 is 6.97. The summed E-state index contributed by atoms with van der Waals surface area (Å²) >= 11 is 3.41. The maximum absolute atomic E-state index is 5.88. The molecule has 0 atom stereocenters. The number of halogens is 1. The molecule has 0 spiro atoms. The third kappa shape index (κ3) is 3.21. The zero-order valence-electron chi connectivity index (χ0n) is 8.66. The number of rotatable bonds is 2. The van der Waals surface area contributed by atoms with Crippen LogP contribution in [0.3, 0.4) is 0 Å². The van der Waals surface area contributed by atoms with Crippen LogP contribution >= 0.6 is 15.9 Å². The quantitative estimate of drug-likeness (QED) is 0.896. The van der Waals surface area contributed by atoms with Crippen LogP contribution in [0.2, 0.25) is 0 Å². The molecule has 0 saturated heterocycles. The van der Waals surface area contributed by atoms with Crippen molar-refractivity contribution in [3.05, 3.63) is 28.7 Å². The summed E-state index contributed by atoms with van der Waals surface area (Å²) in [5.41, 5.74) is 5.85. The van der Waals surface area contributed by atoms with Crippen molar-refractivity contribution >= 4 is 15.9 Å².